The summed E-state index contributed by atoms with van der Waals surface area (Å²) >= 11 is 0. The van der Waals surface area contributed by atoms with Gasteiger partial charge in [-0.1, -0.05) is 6.92 Å². The van der Waals surface area contributed by atoms with E-state index in [4.69, 9.17) is 4.74 Å². The summed E-state index contributed by atoms with van der Waals surface area (Å²) in [6.45, 7) is 3.74. The molecule has 0 spiro atoms. The SMILES string of the molecule is CCC1C(=O)NC(=O)N(CCC(=O)N2CCOCC2)C1=O. The van der Waals surface area contributed by atoms with Crippen LogP contribution in [0.2, 0.25) is 0 Å². The number of nitrogens with one attached hydrogen (secondary N) is 1. The van der Waals surface area contributed by atoms with E-state index >= 15 is 0 Å². The first kappa shape index (κ1) is 15.4. The van der Waals surface area contributed by atoms with Crippen molar-refractivity contribution >= 4 is 23.8 Å². The van der Waals surface area contributed by atoms with Gasteiger partial charge in [0.05, 0.1) is 13.2 Å². The van der Waals surface area contributed by atoms with Gasteiger partial charge in [0.2, 0.25) is 17.7 Å². The van der Waals surface area contributed by atoms with E-state index < -0.39 is 23.8 Å². The number of urea groups is 1. The number of nitrogens with zero attached hydrogens (tertiary/aromatic N) is 2. The molecule has 2 rings (SSSR count). The van der Waals surface area contributed by atoms with Crippen molar-refractivity contribution in [3.8, 4) is 0 Å². The maximum Gasteiger partial charge on any atom is 0.330 e. The number of hydrogen-bond acceptors (Lipinski definition) is 5. The summed E-state index contributed by atoms with van der Waals surface area (Å²) in [4.78, 5) is 49.9. The smallest absolute Gasteiger partial charge is 0.330 e. The molecule has 0 bridgehead atoms. The lowest BCUT2D eigenvalue weighted by Crippen LogP contribution is -2.58. The first-order chi connectivity index (χ1) is 10.0. The van der Waals surface area contributed by atoms with Crippen molar-refractivity contribution in [1.29, 1.82) is 0 Å². The first-order valence-electron chi connectivity index (χ1n) is 7.06. The van der Waals surface area contributed by atoms with Gasteiger partial charge in [0.1, 0.15) is 5.92 Å². The zero-order valence-corrected chi connectivity index (χ0v) is 12.0. The summed E-state index contributed by atoms with van der Waals surface area (Å²) in [5.74, 6) is -2.06. The van der Waals surface area contributed by atoms with Crippen LogP contribution in [-0.4, -0.2) is 66.4 Å². The Kier molecular flexibility index (Phi) is 4.89. The summed E-state index contributed by atoms with van der Waals surface area (Å²) < 4.78 is 5.16. The van der Waals surface area contributed by atoms with E-state index in [1.54, 1.807) is 11.8 Å². The molecule has 0 aromatic carbocycles. The topological polar surface area (TPSA) is 96.0 Å². The molecule has 0 saturated carbocycles. The number of hydrogen-bond donors (Lipinski definition) is 1. The van der Waals surface area contributed by atoms with E-state index in [0.717, 1.165) is 4.90 Å². The quantitative estimate of drug-likeness (QED) is 0.695. The highest BCUT2D eigenvalue weighted by molar-refractivity contribution is 6.16. The zero-order chi connectivity index (χ0) is 15.4. The van der Waals surface area contributed by atoms with Crippen LogP contribution in [0.4, 0.5) is 4.79 Å². The number of rotatable bonds is 4. The number of amides is 5. The lowest BCUT2D eigenvalue weighted by molar-refractivity contribution is -0.143. The van der Waals surface area contributed by atoms with Crippen molar-refractivity contribution in [2.75, 3.05) is 32.8 Å². The molecule has 1 atom stereocenters. The predicted molar refractivity (Wildman–Crippen MR) is 71.0 cm³/mol. The molecule has 116 valence electrons. The molecule has 8 heteroatoms. The summed E-state index contributed by atoms with van der Waals surface area (Å²) in [5.41, 5.74) is 0. The Balaban J connectivity index is 1.91. The van der Waals surface area contributed by atoms with Gasteiger partial charge in [-0.25, -0.2) is 4.79 Å². The summed E-state index contributed by atoms with van der Waals surface area (Å²) in [6, 6.07) is -0.746. The van der Waals surface area contributed by atoms with Gasteiger partial charge in [-0.15, -0.1) is 0 Å². The Labute approximate surface area is 122 Å². The highest BCUT2D eigenvalue weighted by Gasteiger charge is 2.39. The van der Waals surface area contributed by atoms with Gasteiger partial charge in [0.15, 0.2) is 0 Å². The average Bonchev–Trinajstić information content (AvgIpc) is 2.47. The van der Waals surface area contributed by atoms with E-state index in [-0.39, 0.29) is 18.9 Å². The fourth-order valence-electron chi connectivity index (χ4n) is 2.41. The van der Waals surface area contributed by atoms with Crippen molar-refractivity contribution < 1.29 is 23.9 Å². The van der Waals surface area contributed by atoms with E-state index in [1.807, 2.05) is 0 Å². The van der Waals surface area contributed by atoms with Crippen LogP contribution in [0.1, 0.15) is 19.8 Å². The molecule has 0 aromatic heterocycles. The fourth-order valence-corrected chi connectivity index (χ4v) is 2.41. The molecule has 2 fully saturated rings. The molecule has 0 radical (unpaired) electrons. The number of ether oxygens (including phenoxy) is 1. The molecule has 21 heavy (non-hydrogen) atoms. The molecule has 2 heterocycles. The molecule has 0 aliphatic carbocycles. The Hall–Kier alpha value is -1.96. The molecule has 1 unspecified atom stereocenters. The van der Waals surface area contributed by atoms with Gasteiger partial charge in [-0.3, -0.25) is 24.6 Å². The minimum absolute atomic E-state index is 0.00929. The van der Waals surface area contributed by atoms with Crippen LogP contribution in [0.3, 0.4) is 0 Å². The third kappa shape index (κ3) is 3.38. The molecule has 2 aliphatic heterocycles. The van der Waals surface area contributed by atoms with Gasteiger partial charge in [-0.05, 0) is 6.42 Å². The van der Waals surface area contributed by atoms with Crippen molar-refractivity contribution in [1.82, 2.24) is 15.1 Å². The Bertz CT molecular complexity index is 459. The third-order valence-corrected chi connectivity index (χ3v) is 3.68. The predicted octanol–water partition coefficient (Wildman–Crippen LogP) is -0.660. The van der Waals surface area contributed by atoms with Gasteiger partial charge in [0, 0.05) is 26.1 Å². The minimum Gasteiger partial charge on any atom is -0.378 e. The van der Waals surface area contributed by atoms with Crippen molar-refractivity contribution in [3.05, 3.63) is 0 Å². The van der Waals surface area contributed by atoms with Gasteiger partial charge in [-0.2, -0.15) is 0 Å². The van der Waals surface area contributed by atoms with E-state index in [9.17, 15) is 19.2 Å². The van der Waals surface area contributed by atoms with Crippen LogP contribution >= 0.6 is 0 Å². The van der Waals surface area contributed by atoms with Crippen LogP contribution in [-0.2, 0) is 19.1 Å². The second kappa shape index (κ2) is 6.66. The average molecular weight is 297 g/mol. The number of imide groups is 2. The van der Waals surface area contributed by atoms with E-state index in [0.29, 0.717) is 32.7 Å². The van der Waals surface area contributed by atoms with Crippen molar-refractivity contribution in [3.63, 3.8) is 0 Å². The Morgan fingerprint density at radius 3 is 2.57 bits per heavy atom. The molecule has 2 aliphatic rings. The molecule has 1 N–H and O–H groups in total. The molecule has 5 amide bonds. The third-order valence-electron chi connectivity index (χ3n) is 3.68. The summed E-state index contributed by atoms with van der Waals surface area (Å²) in [5, 5.41) is 2.15. The van der Waals surface area contributed by atoms with Crippen LogP contribution in [0.5, 0.6) is 0 Å². The van der Waals surface area contributed by atoms with Crippen LogP contribution < -0.4 is 5.32 Å². The molecular formula is C13H19N3O5. The standard InChI is InChI=1S/C13H19N3O5/c1-2-9-11(18)14-13(20)16(12(9)19)4-3-10(17)15-5-7-21-8-6-15/h9H,2-8H2,1H3,(H,14,18,20). The van der Waals surface area contributed by atoms with Gasteiger partial charge in [0.25, 0.3) is 0 Å². The zero-order valence-electron chi connectivity index (χ0n) is 12.0. The molecule has 8 nitrogen and oxygen atoms in total. The van der Waals surface area contributed by atoms with Crippen molar-refractivity contribution in [2.24, 2.45) is 5.92 Å². The molecule has 2 saturated heterocycles. The second-order valence-electron chi connectivity index (χ2n) is 4.99. The lowest BCUT2D eigenvalue weighted by atomic mass is 10.0. The number of barbiturate groups is 1. The van der Waals surface area contributed by atoms with Crippen LogP contribution in [0.15, 0.2) is 0 Å². The monoisotopic (exact) mass is 297 g/mol. The molecule has 0 aromatic rings. The lowest BCUT2D eigenvalue weighted by Gasteiger charge is -2.31. The summed E-state index contributed by atoms with van der Waals surface area (Å²) in [7, 11) is 0. The maximum atomic E-state index is 12.1. The fraction of sp³-hybridized carbons (Fsp3) is 0.692. The van der Waals surface area contributed by atoms with E-state index in [2.05, 4.69) is 5.32 Å². The van der Waals surface area contributed by atoms with Crippen LogP contribution in [0, 0.1) is 5.92 Å². The minimum atomic E-state index is -0.846. The highest BCUT2D eigenvalue weighted by atomic mass is 16.5. The van der Waals surface area contributed by atoms with Gasteiger partial charge < -0.3 is 9.64 Å². The second-order valence-corrected chi connectivity index (χ2v) is 4.99. The maximum absolute atomic E-state index is 12.1. The van der Waals surface area contributed by atoms with Crippen LogP contribution in [0.25, 0.3) is 0 Å². The Morgan fingerprint density at radius 1 is 1.29 bits per heavy atom. The Morgan fingerprint density at radius 2 is 1.95 bits per heavy atom. The van der Waals surface area contributed by atoms with Crippen molar-refractivity contribution in [2.45, 2.75) is 19.8 Å². The highest BCUT2D eigenvalue weighted by Crippen LogP contribution is 2.14. The molecular weight excluding hydrogens is 278 g/mol. The number of carbonyl (C=O) groups is 4. The number of morpholine rings is 1. The van der Waals surface area contributed by atoms with Gasteiger partial charge >= 0.3 is 6.03 Å². The first-order valence-corrected chi connectivity index (χ1v) is 7.06. The summed E-state index contributed by atoms with van der Waals surface area (Å²) in [6.07, 6.45) is 0.385. The largest absolute Gasteiger partial charge is 0.378 e. The normalized spacial score (nSPS) is 23.3. The number of carbonyl (C=O) groups excluding carboxylic acids is 4. The van der Waals surface area contributed by atoms with E-state index in [1.165, 1.54) is 0 Å².